The number of fused-ring (bicyclic) bond motifs is 1. The maximum absolute atomic E-state index is 12.9. The number of hydrogen-bond acceptors (Lipinski definition) is 6. The van der Waals surface area contributed by atoms with Gasteiger partial charge in [0.1, 0.15) is 17.7 Å². The van der Waals surface area contributed by atoms with Gasteiger partial charge in [-0.25, -0.2) is 24.1 Å². The number of amides is 1. The van der Waals surface area contributed by atoms with Crippen LogP contribution in [0.5, 0.6) is 0 Å². The predicted molar refractivity (Wildman–Crippen MR) is 105 cm³/mol. The van der Waals surface area contributed by atoms with E-state index in [0.717, 1.165) is 17.8 Å². The van der Waals surface area contributed by atoms with E-state index < -0.39 is 6.09 Å². The fourth-order valence-electron chi connectivity index (χ4n) is 3.66. The first kappa shape index (κ1) is 19.1. The van der Waals surface area contributed by atoms with Gasteiger partial charge in [-0.15, -0.1) is 0 Å². The lowest BCUT2D eigenvalue weighted by Crippen LogP contribution is -2.27. The van der Waals surface area contributed by atoms with Crippen molar-refractivity contribution >= 4 is 23.1 Å². The fourth-order valence-corrected chi connectivity index (χ4v) is 3.66. The van der Waals surface area contributed by atoms with Crippen LogP contribution in [-0.2, 0) is 17.7 Å². The highest BCUT2D eigenvalue weighted by Gasteiger charge is 2.47. The van der Waals surface area contributed by atoms with Crippen LogP contribution >= 0.6 is 0 Å². The van der Waals surface area contributed by atoms with Gasteiger partial charge in [0.05, 0.1) is 12.9 Å². The molecule has 2 aromatic heterocycles. The number of nitrogens with two attached hydrogens (primary N) is 1. The molecule has 152 valence electrons. The van der Waals surface area contributed by atoms with Crippen LogP contribution in [0.3, 0.4) is 0 Å². The fraction of sp³-hybridized carbons (Fsp3) is 0.400. The first-order chi connectivity index (χ1) is 14.0. The zero-order valence-corrected chi connectivity index (χ0v) is 16.1. The Balaban J connectivity index is 1.21. The zero-order valence-electron chi connectivity index (χ0n) is 16.1. The third kappa shape index (κ3) is 4.28. The summed E-state index contributed by atoms with van der Waals surface area (Å²) in [7, 11) is 0. The summed E-state index contributed by atoms with van der Waals surface area (Å²) in [6.07, 6.45) is 3.35. The zero-order chi connectivity index (χ0) is 20.4. The second kappa shape index (κ2) is 8.02. The summed E-state index contributed by atoms with van der Waals surface area (Å²) < 4.78 is 20.2. The number of benzene rings is 1. The van der Waals surface area contributed by atoms with E-state index in [1.54, 1.807) is 18.5 Å². The highest BCUT2D eigenvalue weighted by molar-refractivity contribution is 5.81. The molecule has 1 aliphatic carbocycles. The Morgan fingerprint density at radius 2 is 2.03 bits per heavy atom. The molecule has 0 bridgehead atoms. The highest BCUT2D eigenvalue weighted by Crippen LogP contribution is 2.47. The molecule has 2 heterocycles. The van der Waals surface area contributed by atoms with Gasteiger partial charge < -0.3 is 20.4 Å². The number of nitrogens with one attached hydrogen (secondary N) is 1. The number of carbonyl (C=O) groups excluding carboxylic acids is 1. The Bertz CT molecular complexity index is 1010. The molecule has 0 radical (unpaired) electrons. The third-order valence-electron chi connectivity index (χ3n) is 5.60. The second-order valence-electron chi connectivity index (χ2n) is 7.42. The molecule has 8 nitrogen and oxygen atoms in total. The van der Waals surface area contributed by atoms with E-state index in [-0.39, 0.29) is 5.82 Å². The molecular formula is C20H23FN6O2. The van der Waals surface area contributed by atoms with Gasteiger partial charge in [-0.05, 0) is 36.0 Å². The molecule has 1 aliphatic rings. The van der Waals surface area contributed by atoms with Crippen LogP contribution in [0.2, 0.25) is 0 Å². The first-order valence-electron chi connectivity index (χ1n) is 9.59. The van der Waals surface area contributed by atoms with Crippen molar-refractivity contribution in [1.82, 2.24) is 24.8 Å². The lowest BCUT2D eigenvalue weighted by Gasteiger charge is -2.07. The number of carbonyl (C=O) groups is 1. The molecule has 9 heteroatoms. The number of ether oxygens (including phenoxy) is 1. The molecular weight excluding hydrogens is 375 g/mol. The van der Waals surface area contributed by atoms with Gasteiger partial charge in [0, 0.05) is 19.0 Å². The number of alkyl carbamates (subject to hydrolysis) is 1. The number of imidazole rings is 1. The average molecular weight is 398 g/mol. The van der Waals surface area contributed by atoms with Crippen LogP contribution in [-0.4, -0.2) is 38.8 Å². The van der Waals surface area contributed by atoms with Crippen molar-refractivity contribution in [3.05, 3.63) is 48.3 Å². The van der Waals surface area contributed by atoms with Crippen molar-refractivity contribution in [2.24, 2.45) is 17.8 Å². The molecule has 3 N–H and O–H groups in total. The Kier molecular flexibility index (Phi) is 5.28. The third-order valence-corrected chi connectivity index (χ3v) is 5.60. The predicted octanol–water partition coefficient (Wildman–Crippen LogP) is 2.40. The van der Waals surface area contributed by atoms with Gasteiger partial charge in [-0.2, -0.15) is 0 Å². The monoisotopic (exact) mass is 398 g/mol. The summed E-state index contributed by atoms with van der Waals surface area (Å²) in [5.41, 5.74) is 8.11. The molecule has 3 aromatic rings. The van der Waals surface area contributed by atoms with E-state index in [9.17, 15) is 9.18 Å². The summed E-state index contributed by atoms with van der Waals surface area (Å²) >= 11 is 0. The molecule has 29 heavy (non-hydrogen) atoms. The number of hydrogen-bond donors (Lipinski definition) is 2. The molecule has 0 aliphatic heterocycles. The van der Waals surface area contributed by atoms with Gasteiger partial charge in [-0.3, -0.25) is 0 Å². The van der Waals surface area contributed by atoms with Crippen molar-refractivity contribution in [3.63, 3.8) is 0 Å². The minimum absolute atomic E-state index is 0.270. The Hall–Kier alpha value is -3.23. The van der Waals surface area contributed by atoms with Crippen LogP contribution in [0.25, 0.3) is 11.2 Å². The number of anilines is 1. The van der Waals surface area contributed by atoms with Crippen molar-refractivity contribution in [3.8, 4) is 0 Å². The molecule has 1 fully saturated rings. The Morgan fingerprint density at radius 1 is 1.24 bits per heavy atom. The summed E-state index contributed by atoms with van der Waals surface area (Å²) in [6.45, 7) is 3.70. The minimum Gasteiger partial charge on any atom is -0.449 e. The average Bonchev–Trinajstić information content (AvgIpc) is 3.11. The molecule has 3 atom stereocenters. The van der Waals surface area contributed by atoms with Crippen LogP contribution in [0, 0.1) is 23.6 Å². The Morgan fingerprint density at radius 3 is 2.83 bits per heavy atom. The smallest absolute Gasteiger partial charge is 0.407 e. The van der Waals surface area contributed by atoms with E-state index in [0.29, 0.717) is 48.7 Å². The van der Waals surface area contributed by atoms with E-state index in [1.807, 2.05) is 4.57 Å². The van der Waals surface area contributed by atoms with E-state index in [2.05, 4.69) is 27.2 Å². The van der Waals surface area contributed by atoms with E-state index in [1.165, 1.54) is 18.5 Å². The van der Waals surface area contributed by atoms with Crippen molar-refractivity contribution in [2.45, 2.75) is 19.9 Å². The highest BCUT2D eigenvalue weighted by atomic mass is 19.1. The van der Waals surface area contributed by atoms with Crippen molar-refractivity contribution in [1.29, 1.82) is 0 Å². The number of aromatic nitrogens is 4. The summed E-state index contributed by atoms with van der Waals surface area (Å²) in [4.78, 5) is 24.4. The quantitative estimate of drug-likeness (QED) is 0.633. The minimum atomic E-state index is -0.432. The molecule has 1 aromatic carbocycles. The lowest BCUT2D eigenvalue weighted by molar-refractivity contribution is 0.138. The SMILES string of the molecule is C[C@H]1C(COC(=O)NCCc2ccc(F)cc2)C1Cn1cnc2c(N)ncnc21. The second-order valence-corrected chi connectivity index (χ2v) is 7.42. The standard InChI is InChI=1S/C20H23FN6O2/c1-12-15(8-27-11-26-17-18(22)24-10-25-19(17)27)16(12)9-29-20(28)23-7-6-13-2-4-14(21)5-3-13/h2-5,10-12,15-16H,6-9H2,1H3,(H,23,28)(H2,22,24,25)/t12-,15?,16?/m1/s1. The summed E-state index contributed by atoms with van der Waals surface area (Å²) in [5.74, 6) is 1.23. The Labute approximate surface area is 167 Å². The molecule has 0 spiro atoms. The molecule has 4 rings (SSSR count). The summed E-state index contributed by atoms with van der Waals surface area (Å²) in [6, 6.07) is 6.23. The maximum Gasteiger partial charge on any atom is 0.407 e. The van der Waals surface area contributed by atoms with Crippen LogP contribution in [0.15, 0.2) is 36.9 Å². The van der Waals surface area contributed by atoms with Gasteiger partial charge in [0.25, 0.3) is 0 Å². The first-order valence-corrected chi connectivity index (χ1v) is 9.59. The molecule has 1 amide bonds. The number of nitrogen functional groups attached to an aromatic ring is 1. The van der Waals surface area contributed by atoms with Gasteiger partial charge in [-0.1, -0.05) is 19.1 Å². The topological polar surface area (TPSA) is 108 Å². The van der Waals surface area contributed by atoms with Crippen molar-refractivity contribution in [2.75, 3.05) is 18.9 Å². The number of halogens is 1. The largest absolute Gasteiger partial charge is 0.449 e. The van der Waals surface area contributed by atoms with Gasteiger partial charge >= 0.3 is 6.09 Å². The maximum atomic E-state index is 12.9. The van der Waals surface area contributed by atoms with E-state index in [4.69, 9.17) is 10.5 Å². The van der Waals surface area contributed by atoms with Gasteiger partial charge in [0.2, 0.25) is 0 Å². The van der Waals surface area contributed by atoms with Crippen LogP contribution in [0.1, 0.15) is 12.5 Å². The molecule has 2 unspecified atom stereocenters. The van der Waals surface area contributed by atoms with E-state index >= 15 is 0 Å². The molecule has 1 saturated carbocycles. The van der Waals surface area contributed by atoms with Crippen LogP contribution < -0.4 is 11.1 Å². The molecule has 0 saturated heterocycles. The number of nitrogens with zero attached hydrogens (tertiary/aromatic N) is 4. The summed E-state index contributed by atoms with van der Waals surface area (Å²) in [5, 5.41) is 2.73. The normalized spacial score (nSPS) is 20.6. The van der Waals surface area contributed by atoms with Crippen molar-refractivity contribution < 1.29 is 13.9 Å². The van der Waals surface area contributed by atoms with Crippen LogP contribution in [0.4, 0.5) is 15.0 Å². The van der Waals surface area contributed by atoms with Gasteiger partial charge in [0.15, 0.2) is 11.5 Å². The number of rotatable bonds is 7. The lowest BCUT2D eigenvalue weighted by atomic mass is 10.1.